The highest BCUT2D eigenvalue weighted by atomic mass is 15.3. The summed E-state index contributed by atoms with van der Waals surface area (Å²) in [6.45, 7) is 1.73. The van der Waals surface area contributed by atoms with Gasteiger partial charge in [-0.2, -0.15) is 0 Å². The van der Waals surface area contributed by atoms with Gasteiger partial charge in [-0.1, -0.05) is 36.4 Å². The molecule has 0 saturated carbocycles. The smallest absolute Gasteiger partial charge is 0.159 e. The van der Waals surface area contributed by atoms with Gasteiger partial charge >= 0.3 is 0 Å². The maximum absolute atomic E-state index is 4.52. The highest BCUT2D eigenvalue weighted by molar-refractivity contribution is 6.10. The van der Waals surface area contributed by atoms with Gasteiger partial charge in [-0.05, 0) is 36.4 Å². The van der Waals surface area contributed by atoms with Crippen LogP contribution < -0.4 is 10.2 Å². The van der Waals surface area contributed by atoms with Crippen molar-refractivity contribution in [3.63, 3.8) is 0 Å². The minimum absolute atomic E-state index is 0.865. The Balaban J connectivity index is 1.60. The van der Waals surface area contributed by atoms with Crippen LogP contribution in [0.25, 0.3) is 27.5 Å². The highest BCUT2D eigenvalue weighted by Gasteiger charge is 2.21. The summed E-state index contributed by atoms with van der Waals surface area (Å²) in [4.78, 5) is 10.9. The van der Waals surface area contributed by atoms with Gasteiger partial charge in [0.1, 0.15) is 6.33 Å². The number of para-hydroxylation sites is 2. The minimum atomic E-state index is 0.865. The van der Waals surface area contributed by atoms with Gasteiger partial charge < -0.3 is 14.8 Å². The molecule has 0 radical (unpaired) electrons. The molecule has 1 aliphatic rings. The van der Waals surface area contributed by atoms with E-state index in [1.165, 1.54) is 27.5 Å². The summed E-state index contributed by atoms with van der Waals surface area (Å²) in [5, 5.41) is 5.89. The van der Waals surface area contributed by atoms with Crippen molar-refractivity contribution in [2.45, 2.75) is 0 Å². The number of nitrogens with zero attached hydrogens (tertiary/aromatic N) is 4. The number of aromatic nitrogens is 3. The molecule has 0 saturated heterocycles. The van der Waals surface area contributed by atoms with Crippen LogP contribution in [0, 0.1) is 0 Å². The van der Waals surface area contributed by atoms with Crippen molar-refractivity contribution in [1.82, 2.24) is 14.5 Å². The molecule has 140 valence electrons. The Morgan fingerprint density at radius 2 is 1.62 bits per heavy atom. The van der Waals surface area contributed by atoms with Crippen LogP contribution in [0.15, 0.2) is 85.3 Å². The maximum atomic E-state index is 4.52. The number of fused-ring (bicyclic) bond motifs is 4. The highest BCUT2D eigenvalue weighted by Crippen LogP contribution is 2.37. The zero-order valence-corrected chi connectivity index (χ0v) is 15.8. The van der Waals surface area contributed by atoms with Gasteiger partial charge in [-0.15, -0.1) is 0 Å². The van der Waals surface area contributed by atoms with Crippen molar-refractivity contribution in [2.75, 3.05) is 23.3 Å². The Hall–Kier alpha value is -3.86. The average Bonchev–Trinajstić information content (AvgIpc) is 3.13. The summed E-state index contributed by atoms with van der Waals surface area (Å²) in [5.74, 6) is 0.928. The maximum Gasteiger partial charge on any atom is 0.159 e. The van der Waals surface area contributed by atoms with E-state index in [9.17, 15) is 0 Å². The fraction of sp³-hybridized carbons (Fsp3) is 0.0833. The van der Waals surface area contributed by atoms with Crippen molar-refractivity contribution in [3.05, 3.63) is 85.3 Å². The molecule has 5 heteroatoms. The molecule has 0 unspecified atom stereocenters. The van der Waals surface area contributed by atoms with Gasteiger partial charge in [0.15, 0.2) is 5.82 Å². The van der Waals surface area contributed by atoms with Crippen LogP contribution in [0.5, 0.6) is 0 Å². The van der Waals surface area contributed by atoms with E-state index in [0.717, 1.165) is 30.3 Å². The van der Waals surface area contributed by atoms with Crippen molar-refractivity contribution < 1.29 is 0 Å². The molecule has 0 atom stereocenters. The van der Waals surface area contributed by atoms with Crippen LogP contribution >= 0.6 is 0 Å². The lowest BCUT2D eigenvalue weighted by Crippen LogP contribution is -2.31. The Kier molecular flexibility index (Phi) is 3.53. The Labute approximate surface area is 168 Å². The number of anilines is 3. The lowest BCUT2D eigenvalue weighted by atomic mass is 10.1. The molecular weight excluding hydrogens is 358 g/mol. The first-order chi connectivity index (χ1) is 14.4. The number of nitrogens with one attached hydrogen (secondary N) is 1. The summed E-state index contributed by atoms with van der Waals surface area (Å²) in [6.07, 6.45) is 3.45. The van der Waals surface area contributed by atoms with E-state index in [1.54, 1.807) is 6.33 Å². The van der Waals surface area contributed by atoms with Gasteiger partial charge in [0, 0.05) is 35.2 Å². The predicted octanol–water partition coefficient (Wildman–Crippen LogP) is 5.14. The molecule has 29 heavy (non-hydrogen) atoms. The summed E-state index contributed by atoms with van der Waals surface area (Å²) in [5.41, 5.74) is 5.72. The van der Waals surface area contributed by atoms with Gasteiger partial charge in [-0.3, -0.25) is 0 Å². The fourth-order valence-electron chi connectivity index (χ4n) is 4.31. The van der Waals surface area contributed by atoms with E-state index in [1.807, 2.05) is 6.20 Å². The van der Waals surface area contributed by atoms with Crippen molar-refractivity contribution in [2.24, 2.45) is 0 Å². The number of hydrogen-bond acceptors (Lipinski definition) is 4. The molecule has 3 heterocycles. The number of hydrogen-bond donors (Lipinski definition) is 1. The Morgan fingerprint density at radius 1 is 0.793 bits per heavy atom. The molecule has 5 nitrogen and oxygen atoms in total. The third-order valence-electron chi connectivity index (χ3n) is 5.58. The third-order valence-corrected chi connectivity index (χ3v) is 5.58. The van der Waals surface area contributed by atoms with Crippen LogP contribution in [0.3, 0.4) is 0 Å². The van der Waals surface area contributed by atoms with Crippen LogP contribution in [-0.2, 0) is 0 Å². The van der Waals surface area contributed by atoms with E-state index in [-0.39, 0.29) is 0 Å². The van der Waals surface area contributed by atoms with E-state index < -0.39 is 0 Å². The van der Waals surface area contributed by atoms with Crippen LogP contribution in [-0.4, -0.2) is 27.6 Å². The molecule has 3 aromatic carbocycles. The molecule has 0 amide bonds. The minimum Gasteiger partial charge on any atom is -0.379 e. The first-order valence-corrected chi connectivity index (χ1v) is 9.80. The molecule has 0 aliphatic carbocycles. The molecule has 1 aliphatic heterocycles. The second-order valence-corrected chi connectivity index (χ2v) is 7.23. The molecule has 2 aromatic heterocycles. The normalized spacial score (nSPS) is 13.4. The zero-order valence-electron chi connectivity index (χ0n) is 15.8. The zero-order chi connectivity index (χ0) is 19.2. The predicted molar refractivity (Wildman–Crippen MR) is 118 cm³/mol. The summed E-state index contributed by atoms with van der Waals surface area (Å²) in [7, 11) is 0. The van der Waals surface area contributed by atoms with Crippen molar-refractivity contribution in [1.29, 1.82) is 0 Å². The molecular formula is C24H19N5. The Morgan fingerprint density at radius 3 is 2.55 bits per heavy atom. The first-order valence-electron chi connectivity index (χ1n) is 9.80. The standard InChI is InChI=1S/C24H19N5/c1-2-6-17(7-3-1)29-22-9-5-4-8-19(22)20-14-18(10-11-23(20)29)28-13-12-26-21-15-25-16-27-24(21)28/h1-11,14-16,26H,12-13H2. The van der Waals surface area contributed by atoms with E-state index >= 15 is 0 Å². The third kappa shape index (κ3) is 2.48. The molecule has 1 N–H and O–H groups in total. The van der Waals surface area contributed by atoms with Crippen LogP contribution in [0.4, 0.5) is 17.2 Å². The molecule has 0 bridgehead atoms. The monoisotopic (exact) mass is 377 g/mol. The quantitative estimate of drug-likeness (QED) is 0.463. The topological polar surface area (TPSA) is 46.0 Å². The first kappa shape index (κ1) is 16.1. The lowest BCUT2D eigenvalue weighted by Gasteiger charge is -2.30. The average molecular weight is 377 g/mol. The lowest BCUT2D eigenvalue weighted by molar-refractivity contribution is 0.893. The Bertz CT molecular complexity index is 1340. The van der Waals surface area contributed by atoms with E-state index in [4.69, 9.17) is 0 Å². The van der Waals surface area contributed by atoms with Gasteiger partial charge in [0.25, 0.3) is 0 Å². The van der Waals surface area contributed by atoms with E-state index in [2.05, 4.69) is 97.5 Å². The summed E-state index contributed by atoms with van der Waals surface area (Å²) >= 11 is 0. The molecule has 6 rings (SSSR count). The fourth-order valence-corrected chi connectivity index (χ4v) is 4.31. The van der Waals surface area contributed by atoms with Gasteiger partial charge in [0.2, 0.25) is 0 Å². The van der Waals surface area contributed by atoms with Crippen LogP contribution in [0.1, 0.15) is 0 Å². The van der Waals surface area contributed by atoms with Crippen molar-refractivity contribution >= 4 is 39.0 Å². The summed E-state index contributed by atoms with van der Waals surface area (Å²) in [6, 6.07) is 25.8. The molecule has 0 spiro atoms. The van der Waals surface area contributed by atoms with Crippen molar-refractivity contribution in [3.8, 4) is 5.69 Å². The molecule has 0 fully saturated rings. The molecule has 5 aromatic rings. The van der Waals surface area contributed by atoms with Crippen LogP contribution in [0.2, 0.25) is 0 Å². The van der Waals surface area contributed by atoms with Gasteiger partial charge in [0.05, 0.1) is 22.9 Å². The second-order valence-electron chi connectivity index (χ2n) is 7.23. The number of benzene rings is 3. The largest absolute Gasteiger partial charge is 0.379 e. The SMILES string of the molecule is c1ccc(-n2c3ccccc3c3cc(N4CCNc5cncnc54)ccc32)cc1. The van der Waals surface area contributed by atoms with Gasteiger partial charge in [-0.25, -0.2) is 9.97 Å². The number of rotatable bonds is 2. The summed E-state index contributed by atoms with van der Waals surface area (Å²) < 4.78 is 2.34. The second kappa shape index (κ2) is 6.34. The van der Waals surface area contributed by atoms with E-state index in [0.29, 0.717) is 0 Å².